The average molecular weight is 842 g/mol. The summed E-state index contributed by atoms with van der Waals surface area (Å²) in [4.78, 5) is 52.2. The van der Waals surface area contributed by atoms with E-state index in [-0.39, 0.29) is 38.1 Å². The molecule has 13 nitrogen and oxygen atoms in total. The van der Waals surface area contributed by atoms with Crippen LogP contribution in [-0.4, -0.2) is 111 Å². The highest BCUT2D eigenvalue weighted by molar-refractivity contribution is 5.88. The van der Waals surface area contributed by atoms with Gasteiger partial charge in [-0.2, -0.15) is 0 Å². The lowest BCUT2D eigenvalue weighted by Crippen LogP contribution is -2.70. The van der Waals surface area contributed by atoms with Crippen LogP contribution in [0.4, 0.5) is 0 Å². The van der Waals surface area contributed by atoms with Gasteiger partial charge >= 0.3 is 5.97 Å². The van der Waals surface area contributed by atoms with E-state index in [0.717, 1.165) is 38.5 Å². The minimum absolute atomic E-state index is 0.0441. The number of unbranched alkanes of at least 4 members (excludes halogenated alkanes) is 25. The molecule has 0 bridgehead atoms. The van der Waals surface area contributed by atoms with Crippen molar-refractivity contribution in [2.24, 2.45) is 0 Å². The molecule has 13 heteroatoms. The summed E-state index contributed by atoms with van der Waals surface area (Å²) < 4.78 is 6.10. The van der Waals surface area contributed by atoms with Crippen molar-refractivity contribution in [2.75, 3.05) is 19.8 Å². The molecule has 0 aliphatic carbocycles. The van der Waals surface area contributed by atoms with Crippen LogP contribution in [0.25, 0.3) is 0 Å². The fourth-order valence-electron chi connectivity index (χ4n) is 7.95. The van der Waals surface area contributed by atoms with Crippen LogP contribution in [0.3, 0.4) is 0 Å². The number of nitrogens with zero attached hydrogens (tertiary/aromatic N) is 1. The predicted octanol–water partition coefficient (Wildman–Crippen LogP) is 7.43. The number of carboxylic acids is 1. The highest BCUT2D eigenvalue weighted by atomic mass is 16.5. The Bertz CT molecular complexity index is 1080. The van der Waals surface area contributed by atoms with Crippen molar-refractivity contribution >= 4 is 23.7 Å². The third-order valence-corrected chi connectivity index (χ3v) is 11.7. The molecule has 1 fully saturated rings. The van der Waals surface area contributed by atoms with E-state index in [1.165, 1.54) is 127 Å². The van der Waals surface area contributed by atoms with Gasteiger partial charge in [0.2, 0.25) is 17.7 Å². The zero-order valence-electron chi connectivity index (χ0n) is 37.2. The van der Waals surface area contributed by atoms with Crippen LogP contribution < -0.4 is 10.6 Å². The lowest BCUT2D eigenvalue weighted by atomic mass is 9.94. The van der Waals surface area contributed by atoms with Crippen molar-refractivity contribution < 1.29 is 49.4 Å². The predicted molar refractivity (Wildman–Crippen MR) is 233 cm³/mol. The third kappa shape index (κ3) is 25.9. The molecule has 1 aliphatic heterocycles. The molecule has 1 rings (SSSR count). The highest BCUT2D eigenvalue weighted by Gasteiger charge is 2.48. The summed E-state index contributed by atoms with van der Waals surface area (Å²) in [5.41, 5.74) is 0. The molecule has 1 heterocycles. The summed E-state index contributed by atoms with van der Waals surface area (Å²) in [6.07, 6.45) is 26.0. The first-order valence-electron chi connectivity index (χ1n) is 23.9. The minimum atomic E-state index is -1.64. The largest absolute Gasteiger partial charge is 0.481 e. The summed E-state index contributed by atoms with van der Waals surface area (Å²) in [6.45, 7) is 3.35. The van der Waals surface area contributed by atoms with E-state index < -0.39 is 67.6 Å². The van der Waals surface area contributed by atoms with Crippen molar-refractivity contribution in [2.45, 2.75) is 250 Å². The van der Waals surface area contributed by atoms with Crippen molar-refractivity contribution in [3.63, 3.8) is 0 Å². The van der Waals surface area contributed by atoms with Crippen LogP contribution in [0, 0.1) is 0 Å². The van der Waals surface area contributed by atoms with Gasteiger partial charge in [-0.05, 0) is 19.3 Å². The molecule has 346 valence electrons. The van der Waals surface area contributed by atoms with Crippen LogP contribution >= 0.6 is 0 Å². The van der Waals surface area contributed by atoms with E-state index in [2.05, 4.69) is 24.5 Å². The van der Waals surface area contributed by atoms with Gasteiger partial charge in [0.15, 0.2) is 6.23 Å². The molecule has 3 amide bonds. The van der Waals surface area contributed by atoms with Gasteiger partial charge in [-0.3, -0.25) is 19.2 Å². The number of nitrogens with one attached hydrogen (secondary N) is 2. The minimum Gasteiger partial charge on any atom is -0.481 e. The van der Waals surface area contributed by atoms with Crippen molar-refractivity contribution in [1.29, 1.82) is 0 Å². The van der Waals surface area contributed by atoms with Crippen molar-refractivity contribution in [3.8, 4) is 0 Å². The molecule has 7 N–H and O–H groups in total. The van der Waals surface area contributed by atoms with Crippen LogP contribution in [0.5, 0.6) is 0 Å². The molecule has 6 atom stereocenters. The number of amides is 3. The number of aliphatic hydroxyl groups excluding tert-OH is 4. The molecule has 0 aromatic carbocycles. The molecule has 0 aromatic rings. The zero-order valence-corrected chi connectivity index (χ0v) is 37.2. The summed E-state index contributed by atoms with van der Waals surface area (Å²) in [6, 6.07) is -2.77. The van der Waals surface area contributed by atoms with Gasteiger partial charge in [-0.25, -0.2) is 0 Å². The molecule has 59 heavy (non-hydrogen) atoms. The lowest BCUT2D eigenvalue weighted by molar-refractivity contribution is -0.231. The molecule has 1 aliphatic rings. The van der Waals surface area contributed by atoms with Gasteiger partial charge in [0.1, 0.15) is 30.4 Å². The smallest absolute Gasteiger partial charge is 0.303 e. The van der Waals surface area contributed by atoms with Crippen LogP contribution in [0.2, 0.25) is 0 Å². The first-order valence-corrected chi connectivity index (χ1v) is 23.9. The Balaban J connectivity index is 2.85. The van der Waals surface area contributed by atoms with E-state index >= 15 is 0 Å². The van der Waals surface area contributed by atoms with Crippen LogP contribution in [0.1, 0.15) is 213 Å². The fraction of sp³-hybridized carbons (Fsp3) is 0.913. The monoisotopic (exact) mass is 842 g/mol. The van der Waals surface area contributed by atoms with Crippen molar-refractivity contribution in [3.05, 3.63) is 0 Å². The Hall–Kier alpha value is -2.32. The number of rotatable bonds is 39. The maximum atomic E-state index is 14.0. The second-order valence-electron chi connectivity index (χ2n) is 17.0. The number of carboxylic acid groups (broad SMARTS) is 1. The number of carbonyl (C=O) groups is 4. The number of hydrogen-bond donors (Lipinski definition) is 7. The Morgan fingerprint density at radius 1 is 0.576 bits per heavy atom. The number of ether oxygens (including phenoxy) is 1. The molecule has 0 aromatic heterocycles. The van der Waals surface area contributed by atoms with Gasteiger partial charge in [0.25, 0.3) is 0 Å². The van der Waals surface area contributed by atoms with E-state index in [0.29, 0.717) is 12.8 Å². The number of carbonyl (C=O) groups excluding carboxylic acids is 3. The summed E-state index contributed by atoms with van der Waals surface area (Å²) in [7, 11) is 0. The van der Waals surface area contributed by atoms with Gasteiger partial charge < -0.3 is 45.8 Å². The molecule has 0 saturated carbocycles. The van der Waals surface area contributed by atoms with Gasteiger partial charge in [-0.15, -0.1) is 0 Å². The Morgan fingerprint density at radius 2 is 1.02 bits per heavy atom. The van der Waals surface area contributed by atoms with Crippen molar-refractivity contribution in [1.82, 2.24) is 15.5 Å². The molecule has 1 saturated heterocycles. The summed E-state index contributed by atoms with van der Waals surface area (Å²) in [5, 5.41) is 56.0. The first-order chi connectivity index (χ1) is 28.6. The molecule has 0 radical (unpaired) electrons. The lowest BCUT2D eigenvalue weighted by Gasteiger charge is -2.47. The highest BCUT2D eigenvalue weighted by Crippen LogP contribution is 2.26. The summed E-state index contributed by atoms with van der Waals surface area (Å²) >= 11 is 0. The Morgan fingerprint density at radius 3 is 1.44 bits per heavy atom. The maximum absolute atomic E-state index is 14.0. The Labute approximate surface area is 357 Å². The summed E-state index contributed by atoms with van der Waals surface area (Å²) in [5.74, 6) is -2.78. The third-order valence-electron chi connectivity index (χ3n) is 11.7. The van der Waals surface area contributed by atoms with E-state index in [1.54, 1.807) is 0 Å². The number of hydrogen-bond acceptors (Lipinski definition) is 9. The first kappa shape index (κ1) is 54.7. The van der Waals surface area contributed by atoms with E-state index in [9.17, 15) is 39.6 Å². The van der Waals surface area contributed by atoms with E-state index in [1.807, 2.05) is 0 Å². The number of aliphatic carboxylic acids is 1. The van der Waals surface area contributed by atoms with Gasteiger partial charge in [0.05, 0.1) is 13.2 Å². The average Bonchev–Trinajstić information content (AvgIpc) is 3.22. The maximum Gasteiger partial charge on any atom is 0.303 e. The van der Waals surface area contributed by atoms with Gasteiger partial charge in [0, 0.05) is 25.8 Å². The molecule has 0 unspecified atom stereocenters. The zero-order chi connectivity index (χ0) is 43.5. The second kappa shape index (κ2) is 36.3. The topological polar surface area (TPSA) is 206 Å². The quantitative estimate of drug-likeness (QED) is 0.0305. The number of aliphatic hydroxyl groups is 4. The molecule has 0 spiro atoms. The normalized spacial score (nSPS) is 19.7. The van der Waals surface area contributed by atoms with Crippen LogP contribution in [0.15, 0.2) is 0 Å². The second-order valence-corrected chi connectivity index (χ2v) is 17.0. The van der Waals surface area contributed by atoms with E-state index in [4.69, 9.17) is 9.84 Å². The fourth-order valence-corrected chi connectivity index (χ4v) is 7.95. The molecular formula is C46H87N3O10. The molecular weight excluding hydrogens is 755 g/mol. The SMILES string of the molecule is CCCCCCCCCCCCCCCCCC(=O)N(CCCCCCCCCCCCCC)[C@@H]1O[C@H](CO)[C@@H](O)[C@H](O)[C@H]1NC(=O)[C@H](CO)NC(=O)CCCC(=O)O. The Kier molecular flexibility index (Phi) is 33.7. The van der Waals surface area contributed by atoms with Crippen LogP contribution in [-0.2, 0) is 23.9 Å². The van der Waals surface area contributed by atoms with Gasteiger partial charge in [-0.1, -0.05) is 174 Å². The standard InChI is InChI=1S/C46H87N3O10/c1-3-5-7-9-11-13-15-17-18-19-20-22-24-26-28-32-40(53)49(34-29-27-25-23-21-16-14-12-10-8-6-4-2)46-42(44(57)43(56)38(36-51)59-46)48-45(58)37(35-50)47-39(52)31-30-33-41(54)55/h37-38,42-44,46,50-51,56-57H,3-36H2,1-2H3,(H,47,52)(H,48,58)(H,54,55)/t37-,38+,42+,43+,44+,46+/m0/s1.